The van der Waals surface area contributed by atoms with Crippen LogP contribution in [0.5, 0.6) is 5.75 Å². The Morgan fingerprint density at radius 2 is 1.71 bits per heavy atom. The Labute approximate surface area is 161 Å². The van der Waals surface area contributed by atoms with Crippen LogP contribution in [0.2, 0.25) is 0 Å². The van der Waals surface area contributed by atoms with Gasteiger partial charge in [0.05, 0.1) is 12.0 Å². The SMILES string of the molecule is COc1ccc(S(=O)(=O)Cc2ccc(-c3nc(-c4ccccc4)no3)o2)cc1. The zero-order valence-electron chi connectivity index (χ0n) is 14.9. The largest absolute Gasteiger partial charge is 0.497 e. The third-order valence-corrected chi connectivity index (χ3v) is 5.74. The van der Waals surface area contributed by atoms with Gasteiger partial charge >= 0.3 is 0 Å². The molecule has 7 nitrogen and oxygen atoms in total. The molecule has 2 heterocycles. The summed E-state index contributed by atoms with van der Waals surface area (Å²) in [6, 6.07) is 18.8. The summed E-state index contributed by atoms with van der Waals surface area (Å²) < 4.78 is 41.1. The summed E-state index contributed by atoms with van der Waals surface area (Å²) in [6.45, 7) is 0. The first kappa shape index (κ1) is 18.0. The maximum Gasteiger partial charge on any atom is 0.293 e. The summed E-state index contributed by atoms with van der Waals surface area (Å²) in [5.74, 6) is 1.52. The first-order valence-electron chi connectivity index (χ1n) is 8.40. The van der Waals surface area contributed by atoms with Crippen LogP contribution in [0.25, 0.3) is 23.0 Å². The molecule has 28 heavy (non-hydrogen) atoms. The average Bonchev–Trinajstić information content (AvgIpc) is 3.38. The maximum atomic E-state index is 12.6. The van der Waals surface area contributed by atoms with Crippen molar-refractivity contribution < 1.29 is 22.1 Å². The fraction of sp³-hybridized carbons (Fsp3) is 0.100. The van der Waals surface area contributed by atoms with Gasteiger partial charge in [-0.15, -0.1) is 0 Å². The van der Waals surface area contributed by atoms with E-state index >= 15 is 0 Å². The van der Waals surface area contributed by atoms with E-state index in [1.165, 1.54) is 19.2 Å². The Hall–Kier alpha value is -3.39. The van der Waals surface area contributed by atoms with Crippen LogP contribution >= 0.6 is 0 Å². The van der Waals surface area contributed by atoms with E-state index in [9.17, 15) is 8.42 Å². The minimum Gasteiger partial charge on any atom is -0.497 e. The Morgan fingerprint density at radius 1 is 0.964 bits per heavy atom. The highest BCUT2D eigenvalue weighted by Crippen LogP contribution is 2.26. The predicted molar refractivity (Wildman–Crippen MR) is 101 cm³/mol. The van der Waals surface area contributed by atoms with Gasteiger partial charge in [-0.3, -0.25) is 0 Å². The second kappa shape index (κ2) is 7.32. The van der Waals surface area contributed by atoms with Crippen LogP contribution in [-0.2, 0) is 15.6 Å². The van der Waals surface area contributed by atoms with Gasteiger partial charge in [0.1, 0.15) is 17.3 Å². The summed E-state index contributed by atoms with van der Waals surface area (Å²) in [5, 5.41) is 3.93. The van der Waals surface area contributed by atoms with E-state index in [1.54, 1.807) is 24.3 Å². The second-order valence-corrected chi connectivity index (χ2v) is 7.98. The molecule has 4 aromatic rings. The zero-order valence-corrected chi connectivity index (χ0v) is 15.7. The van der Waals surface area contributed by atoms with Crippen molar-refractivity contribution >= 4 is 9.84 Å². The summed E-state index contributed by atoms with van der Waals surface area (Å²) in [4.78, 5) is 4.49. The maximum absolute atomic E-state index is 12.6. The lowest BCUT2D eigenvalue weighted by molar-refractivity contribution is 0.413. The molecule has 142 valence electrons. The molecule has 0 aliphatic rings. The van der Waals surface area contributed by atoms with Crippen molar-refractivity contribution in [2.75, 3.05) is 7.11 Å². The molecule has 2 aromatic carbocycles. The van der Waals surface area contributed by atoms with Crippen LogP contribution in [-0.4, -0.2) is 25.7 Å². The minimum absolute atomic E-state index is 0.187. The summed E-state index contributed by atoms with van der Waals surface area (Å²) in [6.07, 6.45) is 0. The van der Waals surface area contributed by atoms with Crippen LogP contribution in [0, 0.1) is 0 Å². The Bertz CT molecular complexity index is 1180. The molecule has 0 radical (unpaired) electrons. The zero-order chi connectivity index (χ0) is 19.6. The van der Waals surface area contributed by atoms with Gasteiger partial charge in [0.2, 0.25) is 5.82 Å². The number of methoxy groups -OCH3 is 1. The number of rotatable bonds is 6. The molecule has 0 saturated heterocycles. The van der Waals surface area contributed by atoms with E-state index in [0.717, 1.165) is 5.56 Å². The predicted octanol–water partition coefficient (Wildman–Crippen LogP) is 3.98. The standard InChI is InChI=1S/C20H16N2O5S/c1-25-15-7-10-17(11-8-15)28(23,24)13-16-9-12-18(26-16)20-21-19(22-27-20)14-5-3-2-4-6-14/h2-12H,13H2,1H3. The summed E-state index contributed by atoms with van der Waals surface area (Å²) in [5.41, 5.74) is 0.811. The van der Waals surface area contributed by atoms with Gasteiger partial charge in [-0.1, -0.05) is 35.5 Å². The van der Waals surface area contributed by atoms with Crippen LogP contribution < -0.4 is 4.74 Å². The van der Waals surface area contributed by atoms with Gasteiger partial charge in [-0.25, -0.2) is 8.42 Å². The van der Waals surface area contributed by atoms with Crippen LogP contribution in [0.3, 0.4) is 0 Å². The lowest BCUT2D eigenvalue weighted by atomic mass is 10.2. The van der Waals surface area contributed by atoms with Gasteiger partial charge in [-0.05, 0) is 36.4 Å². The molecule has 0 bridgehead atoms. The molecule has 0 N–H and O–H groups in total. The highest BCUT2D eigenvalue weighted by Gasteiger charge is 2.20. The molecule has 8 heteroatoms. The molecular weight excluding hydrogens is 380 g/mol. The van der Waals surface area contributed by atoms with E-state index < -0.39 is 9.84 Å². The Kier molecular flexibility index (Phi) is 4.70. The third-order valence-electron chi connectivity index (χ3n) is 4.08. The number of benzene rings is 2. The number of ether oxygens (including phenoxy) is 1. The van der Waals surface area contributed by atoms with Crippen molar-refractivity contribution in [2.45, 2.75) is 10.6 Å². The van der Waals surface area contributed by atoms with Crippen molar-refractivity contribution in [1.29, 1.82) is 0 Å². The molecule has 0 unspecified atom stereocenters. The van der Waals surface area contributed by atoms with Crippen molar-refractivity contribution in [2.24, 2.45) is 0 Å². The van der Waals surface area contributed by atoms with E-state index in [2.05, 4.69) is 10.1 Å². The first-order valence-corrected chi connectivity index (χ1v) is 10.1. The van der Waals surface area contributed by atoms with E-state index in [1.807, 2.05) is 30.3 Å². The number of aromatic nitrogens is 2. The highest BCUT2D eigenvalue weighted by molar-refractivity contribution is 7.90. The second-order valence-electron chi connectivity index (χ2n) is 5.99. The first-order chi connectivity index (χ1) is 13.5. The van der Waals surface area contributed by atoms with E-state index in [4.69, 9.17) is 13.7 Å². The van der Waals surface area contributed by atoms with Crippen LogP contribution in [0.15, 0.2) is 80.6 Å². The van der Waals surface area contributed by atoms with Gasteiger partial charge in [0, 0.05) is 5.56 Å². The summed E-state index contributed by atoms with van der Waals surface area (Å²) >= 11 is 0. The Morgan fingerprint density at radius 3 is 2.43 bits per heavy atom. The Balaban J connectivity index is 1.54. The number of hydrogen-bond donors (Lipinski definition) is 0. The van der Waals surface area contributed by atoms with Crippen molar-refractivity contribution in [3.63, 3.8) is 0 Å². The van der Waals surface area contributed by atoms with Gasteiger partial charge < -0.3 is 13.7 Å². The lowest BCUT2D eigenvalue weighted by Crippen LogP contribution is -2.04. The molecule has 2 aromatic heterocycles. The van der Waals surface area contributed by atoms with Crippen LogP contribution in [0.1, 0.15) is 5.76 Å². The molecular formula is C20H16N2O5S. The number of nitrogens with zero attached hydrogens (tertiary/aromatic N) is 2. The molecule has 4 rings (SSSR count). The van der Waals surface area contributed by atoms with Gasteiger partial charge in [0.25, 0.3) is 5.89 Å². The highest BCUT2D eigenvalue weighted by atomic mass is 32.2. The van der Waals surface area contributed by atoms with E-state index in [0.29, 0.717) is 17.3 Å². The quantitative estimate of drug-likeness (QED) is 0.486. The molecule has 0 fully saturated rings. The molecule has 0 spiro atoms. The normalized spacial score (nSPS) is 11.5. The third kappa shape index (κ3) is 3.67. The van der Waals surface area contributed by atoms with Crippen molar-refractivity contribution in [3.8, 4) is 28.8 Å². The average molecular weight is 396 g/mol. The minimum atomic E-state index is -3.56. The monoisotopic (exact) mass is 396 g/mol. The van der Waals surface area contributed by atoms with Crippen molar-refractivity contribution in [1.82, 2.24) is 10.1 Å². The van der Waals surface area contributed by atoms with Crippen molar-refractivity contribution in [3.05, 3.63) is 72.5 Å². The van der Waals surface area contributed by atoms with E-state index in [-0.39, 0.29) is 22.3 Å². The fourth-order valence-electron chi connectivity index (χ4n) is 2.65. The summed E-state index contributed by atoms with van der Waals surface area (Å²) in [7, 11) is -2.04. The smallest absolute Gasteiger partial charge is 0.293 e. The number of sulfone groups is 1. The van der Waals surface area contributed by atoms with Gasteiger partial charge in [-0.2, -0.15) is 4.98 Å². The lowest BCUT2D eigenvalue weighted by Gasteiger charge is -2.04. The number of hydrogen-bond acceptors (Lipinski definition) is 7. The molecule has 0 aliphatic heterocycles. The van der Waals surface area contributed by atoms with Gasteiger partial charge in [0.15, 0.2) is 15.6 Å². The van der Waals surface area contributed by atoms with Crippen LogP contribution in [0.4, 0.5) is 0 Å². The molecule has 0 amide bonds. The topological polar surface area (TPSA) is 95.4 Å². The molecule has 0 aliphatic carbocycles. The number of furan rings is 1. The fourth-order valence-corrected chi connectivity index (χ4v) is 3.90. The molecule has 0 saturated carbocycles. The molecule has 0 atom stereocenters.